The van der Waals surface area contributed by atoms with Gasteiger partial charge in [-0.2, -0.15) is 0 Å². The molecule has 0 saturated heterocycles. The van der Waals surface area contributed by atoms with Crippen LogP contribution < -0.4 is 0 Å². The Kier molecular flexibility index (Phi) is 4.07. The van der Waals surface area contributed by atoms with Crippen LogP contribution in [0.15, 0.2) is 48.7 Å². The number of methoxy groups -OCH3 is 1. The molecule has 2 atom stereocenters. The van der Waals surface area contributed by atoms with E-state index in [1.54, 1.807) is 13.3 Å². The first kappa shape index (κ1) is 12.7. The van der Waals surface area contributed by atoms with Crippen LogP contribution >= 0.6 is 0 Å². The molecule has 2 rings (SSSR count). The maximum atomic E-state index is 10.4. The lowest BCUT2D eigenvalue weighted by molar-refractivity contribution is -0.0150. The first-order valence-corrected chi connectivity index (χ1v) is 5.90. The molecule has 1 aromatic carbocycles. The van der Waals surface area contributed by atoms with Gasteiger partial charge < -0.3 is 9.84 Å². The van der Waals surface area contributed by atoms with Crippen LogP contribution in [0.2, 0.25) is 0 Å². The monoisotopic (exact) mass is 243 g/mol. The fourth-order valence-corrected chi connectivity index (χ4v) is 1.92. The maximum Gasteiger partial charge on any atom is 0.112 e. The number of aromatic nitrogens is 1. The lowest BCUT2D eigenvalue weighted by atomic mass is 9.99. The van der Waals surface area contributed by atoms with Crippen molar-refractivity contribution in [1.29, 1.82) is 0 Å². The molecule has 0 aliphatic heterocycles. The van der Waals surface area contributed by atoms with Gasteiger partial charge in [-0.1, -0.05) is 36.4 Å². The number of pyridine rings is 1. The van der Waals surface area contributed by atoms with E-state index in [1.165, 1.54) is 0 Å². The predicted molar refractivity (Wildman–Crippen MR) is 70.1 cm³/mol. The summed E-state index contributed by atoms with van der Waals surface area (Å²) < 4.78 is 5.41. The topological polar surface area (TPSA) is 42.4 Å². The van der Waals surface area contributed by atoms with E-state index in [1.807, 2.05) is 49.4 Å². The number of ether oxygens (including phenoxy) is 1. The van der Waals surface area contributed by atoms with E-state index in [4.69, 9.17) is 4.74 Å². The predicted octanol–water partition coefficient (Wildman–Crippen LogP) is 2.81. The molecule has 3 nitrogen and oxygen atoms in total. The van der Waals surface area contributed by atoms with Gasteiger partial charge in [0.25, 0.3) is 0 Å². The molecule has 1 N–H and O–H groups in total. The van der Waals surface area contributed by atoms with Crippen LogP contribution in [0.5, 0.6) is 0 Å². The zero-order valence-corrected chi connectivity index (χ0v) is 10.6. The quantitative estimate of drug-likeness (QED) is 0.897. The zero-order valence-electron chi connectivity index (χ0n) is 10.6. The van der Waals surface area contributed by atoms with Crippen LogP contribution in [0.25, 0.3) is 0 Å². The molecule has 94 valence electrons. The third kappa shape index (κ3) is 2.75. The van der Waals surface area contributed by atoms with Crippen LogP contribution in [0.1, 0.15) is 29.0 Å². The molecule has 0 radical (unpaired) electrons. The van der Waals surface area contributed by atoms with E-state index in [2.05, 4.69) is 4.98 Å². The summed E-state index contributed by atoms with van der Waals surface area (Å²) in [6, 6.07) is 13.5. The number of rotatable bonds is 4. The summed E-state index contributed by atoms with van der Waals surface area (Å²) in [6.45, 7) is 1.92. The lowest BCUT2D eigenvalue weighted by Gasteiger charge is -2.22. The molecular formula is C15H17NO2. The smallest absolute Gasteiger partial charge is 0.112 e. The SMILES string of the molecule is COC(c1ccccc1)C(O)c1ccc(C)nc1. The zero-order chi connectivity index (χ0) is 13.0. The Morgan fingerprint density at radius 1 is 1.06 bits per heavy atom. The van der Waals surface area contributed by atoms with E-state index in [-0.39, 0.29) is 6.10 Å². The number of aliphatic hydroxyl groups excluding tert-OH is 1. The lowest BCUT2D eigenvalue weighted by Crippen LogP contribution is -2.13. The molecule has 0 saturated carbocycles. The Morgan fingerprint density at radius 3 is 2.33 bits per heavy atom. The second-order valence-electron chi connectivity index (χ2n) is 4.24. The molecular weight excluding hydrogens is 226 g/mol. The molecule has 3 heteroatoms. The second-order valence-corrected chi connectivity index (χ2v) is 4.24. The highest BCUT2D eigenvalue weighted by Crippen LogP contribution is 2.30. The molecule has 1 aromatic heterocycles. The summed E-state index contributed by atoms with van der Waals surface area (Å²) in [5, 5.41) is 10.4. The van der Waals surface area contributed by atoms with Gasteiger partial charge >= 0.3 is 0 Å². The van der Waals surface area contributed by atoms with Crippen LogP contribution in [-0.4, -0.2) is 17.2 Å². The third-order valence-electron chi connectivity index (χ3n) is 2.94. The summed E-state index contributed by atoms with van der Waals surface area (Å²) in [7, 11) is 1.60. The van der Waals surface area contributed by atoms with Gasteiger partial charge in [0.05, 0.1) is 0 Å². The van der Waals surface area contributed by atoms with Crippen molar-refractivity contribution >= 4 is 0 Å². The molecule has 2 unspecified atom stereocenters. The van der Waals surface area contributed by atoms with Crippen molar-refractivity contribution in [2.24, 2.45) is 0 Å². The minimum atomic E-state index is -0.717. The van der Waals surface area contributed by atoms with Crippen molar-refractivity contribution in [2.75, 3.05) is 7.11 Å². The third-order valence-corrected chi connectivity index (χ3v) is 2.94. The van der Waals surface area contributed by atoms with Gasteiger partial charge in [0.1, 0.15) is 12.2 Å². The van der Waals surface area contributed by atoms with E-state index < -0.39 is 6.10 Å². The summed E-state index contributed by atoms with van der Waals surface area (Å²) in [6.07, 6.45) is 0.593. The molecule has 2 aromatic rings. The molecule has 0 aliphatic carbocycles. The Morgan fingerprint density at radius 2 is 1.78 bits per heavy atom. The van der Waals surface area contributed by atoms with E-state index in [9.17, 15) is 5.11 Å². The minimum absolute atomic E-state index is 0.379. The van der Waals surface area contributed by atoms with E-state index in [0.29, 0.717) is 0 Å². The van der Waals surface area contributed by atoms with E-state index in [0.717, 1.165) is 16.8 Å². The first-order valence-electron chi connectivity index (χ1n) is 5.90. The van der Waals surface area contributed by atoms with Crippen LogP contribution in [-0.2, 0) is 4.74 Å². The van der Waals surface area contributed by atoms with Crippen LogP contribution in [0, 0.1) is 6.92 Å². The van der Waals surface area contributed by atoms with Crippen LogP contribution in [0.3, 0.4) is 0 Å². The van der Waals surface area contributed by atoms with Gasteiger partial charge in [-0.05, 0) is 18.6 Å². The molecule has 0 spiro atoms. The Balaban J connectivity index is 2.25. The van der Waals surface area contributed by atoms with Gasteiger partial charge in [-0.15, -0.1) is 0 Å². The first-order chi connectivity index (χ1) is 8.72. The molecule has 0 aliphatic rings. The Labute approximate surface area is 107 Å². The highest BCUT2D eigenvalue weighted by atomic mass is 16.5. The average molecular weight is 243 g/mol. The van der Waals surface area contributed by atoms with Gasteiger partial charge in [-0.3, -0.25) is 4.98 Å². The number of aryl methyl sites for hydroxylation is 1. The van der Waals surface area contributed by atoms with Gasteiger partial charge in [0, 0.05) is 24.6 Å². The number of nitrogens with zero attached hydrogens (tertiary/aromatic N) is 1. The van der Waals surface area contributed by atoms with Crippen molar-refractivity contribution in [3.05, 3.63) is 65.5 Å². The summed E-state index contributed by atoms with van der Waals surface area (Å²) in [5.74, 6) is 0. The van der Waals surface area contributed by atoms with E-state index >= 15 is 0 Å². The van der Waals surface area contributed by atoms with Gasteiger partial charge in [-0.25, -0.2) is 0 Å². The summed E-state index contributed by atoms with van der Waals surface area (Å²) >= 11 is 0. The van der Waals surface area contributed by atoms with Crippen molar-refractivity contribution < 1.29 is 9.84 Å². The number of hydrogen-bond acceptors (Lipinski definition) is 3. The van der Waals surface area contributed by atoms with Crippen LogP contribution in [0.4, 0.5) is 0 Å². The number of hydrogen-bond donors (Lipinski definition) is 1. The molecule has 1 heterocycles. The molecule has 0 fully saturated rings. The fourth-order valence-electron chi connectivity index (χ4n) is 1.92. The molecule has 0 amide bonds. The Bertz CT molecular complexity index is 482. The van der Waals surface area contributed by atoms with Gasteiger partial charge in [0.2, 0.25) is 0 Å². The maximum absolute atomic E-state index is 10.4. The second kappa shape index (κ2) is 5.76. The average Bonchev–Trinajstić information content (AvgIpc) is 2.41. The summed E-state index contributed by atoms with van der Waals surface area (Å²) in [5.41, 5.74) is 2.64. The molecule has 0 bridgehead atoms. The molecule has 18 heavy (non-hydrogen) atoms. The largest absolute Gasteiger partial charge is 0.385 e. The number of benzene rings is 1. The fraction of sp³-hybridized carbons (Fsp3) is 0.267. The summed E-state index contributed by atoms with van der Waals surface area (Å²) in [4.78, 5) is 4.20. The van der Waals surface area contributed by atoms with Crippen molar-refractivity contribution in [3.63, 3.8) is 0 Å². The van der Waals surface area contributed by atoms with Gasteiger partial charge in [0.15, 0.2) is 0 Å². The number of aliphatic hydroxyl groups is 1. The van der Waals surface area contributed by atoms with Crippen molar-refractivity contribution in [2.45, 2.75) is 19.1 Å². The minimum Gasteiger partial charge on any atom is -0.385 e. The normalized spacial score (nSPS) is 14.2. The van der Waals surface area contributed by atoms with Crippen molar-refractivity contribution in [1.82, 2.24) is 4.98 Å². The van der Waals surface area contributed by atoms with Crippen molar-refractivity contribution in [3.8, 4) is 0 Å². The highest BCUT2D eigenvalue weighted by molar-refractivity contribution is 5.24. The Hall–Kier alpha value is -1.71. The highest BCUT2D eigenvalue weighted by Gasteiger charge is 2.22. The standard InChI is InChI=1S/C15H17NO2/c1-11-8-9-13(10-16-11)14(17)15(18-2)12-6-4-3-5-7-12/h3-10,14-15,17H,1-2H3.